The quantitative estimate of drug-likeness (QED) is 0.618. The van der Waals surface area contributed by atoms with E-state index in [4.69, 9.17) is 5.11 Å². The van der Waals surface area contributed by atoms with Crippen molar-refractivity contribution in [2.45, 2.75) is 62.8 Å². The first-order valence-corrected chi connectivity index (χ1v) is 11.1. The highest BCUT2D eigenvalue weighted by molar-refractivity contribution is 7.90. The number of carboxylic acids is 1. The zero-order valence-corrected chi connectivity index (χ0v) is 16.1. The molecule has 1 aliphatic heterocycles. The van der Waals surface area contributed by atoms with Gasteiger partial charge in [-0.1, -0.05) is 19.8 Å². The average molecular weight is 388 g/mol. The second kappa shape index (κ2) is 7.82. The molecular weight excluding hydrogens is 358 g/mol. The van der Waals surface area contributed by atoms with Crippen molar-refractivity contribution in [3.8, 4) is 0 Å². The van der Waals surface area contributed by atoms with Crippen LogP contribution in [-0.2, 0) is 19.6 Å². The minimum atomic E-state index is -3.43. The van der Waals surface area contributed by atoms with Gasteiger partial charge in [0, 0.05) is 31.1 Å². The predicted molar refractivity (Wildman–Crippen MR) is 96.1 cm³/mol. The summed E-state index contributed by atoms with van der Waals surface area (Å²) < 4.78 is 27.7. The number of rotatable bonds is 8. The molecule has 3 rings (SSSR count). The lowest BCUT2D eigenvalue weighted by molar-refractivity contribution is -0.140. The van der Waals surface area contributed by atoms with Crippen LogP contribution in [0.15, 0.2) is 0 Å². The van der Waals surface area contributed by atoms with Crippen LogP contribution in [0.25, 0.3) is 0 Å². The molecule has 8 nitrogen and oxygen atoms in total. The summed E-state index contributed by atoms with van der Waals surface area (Å²) in [6.45, 7) is 3.12. The Morgan fingerprint density at radius 1 is 1.19 bits per heavy atom. The monoisotopic (exact) mass is 387 g/mol. The Hall–Kier alpha value is -1.19. The first-order chi connectivity index (χ1) is 12.3. The molecule has 3 aliphatic rings. The van der Waals surface area contributed by atoms with Crippen LogP contribution in [0.2, 0.25) is 0 Å². The normalized spacial score (nSPS) is 27.4. The Labute approximate surface area is 155 Å². The molecule has 0 aromatic heterocycles. The number of likely N-dealkylation sites (tertiary alicyclic amines) is 1. The van der Waals surface area contributed by atoms with Crippen LogP contribution in [0.1, 0.15) is 45.4 Å². The minimum Gasteiger partial charge on any atom is -0.480 e. The smallest absolute Gasteiger partial charge is 0.317 e. The van der Waals surface area contributed by atoms with Crippen LogP contribution in [0.3, 0.4) is 0 Å². The van der Waals surface area contributed by atoms with Crippen molar-refractivity contribution < 1.29 is 23.1 Å². The van der Waals surface area contributed by atoms with E-state index in [1.165, 1.54) is 0 Å². The van der Waals surface area contributed by atoms with Crippen LogP contribution in [0, 0.1) is 5.92 Å². The van der Waals surface area contributed by atoms with Crippen LogP contribution in [-0.4, -0.2) is 78.7 Å². The Morgan fingerprint density at radius 2 is 1.81 bits per heavy atom. The van der Waals surface area contributed by atoms with Crippen molar-refractivity contribution in [3.63, 3.8) is 0 Å². The lowest BCUT2D eigenvalue weighted by atomic mass is 9.86. The first kappa shape index (κ1) is 19.6. The predicted octanol–water partition coefficient (Wildman–Crippen LogP) is 0.244. The van der Waals surface area contributed by atoms with Crippen LogP contribution >= 0.6 is 0 Å². The van der Waals surface area contributed by atoms with Gasteiger partial charge in [-0.05, 0) is 32.2 Å². The van der Waals surface area contributed by atoms with E-state index in [1.54, 1.807) is 4.90 Å². The average Bonchev–Trinajstić information content (AvgIpc) is 3.00. The number of aliphatic carboxylic acids is 1. The van der Waals surface area contributed by atoms with E-state index in [1.807, 2.05) is 11.8 Å². The van der Waals surface area contributed by atoms with Crippen LogP contribution < -0.4 is 4.72 Å². The van der Waals surface area contributed by atoms with E-state index in [2.05, 4.69) is 4.72 Å². The fraction of sp³-hybridized carbons (Fsp3) is 0.882. The van der Waals surface area contributed by atoms with Crippen molar-refractivity contribution >= 4 is 21.9 Å². The lowest BCUT2D eigenvalue weighted by Crippen LogP contribution is -2.63. The van der Waals surface area contributed by atoms with Crippen molar-refractivity contribution in [2.24, 2.45) is 5.92 Å². The summed E-state index contributed by atoms with van der Waals surface area (Å²) in [4.78, 5) is 26.7. The highest BCUT2D eigenvalue weighted by Gasteiger charge is 2.44. The van der Waals surface area contributed by atoms with Gasteiger partial charge in [0.1, 0.15) is 5.25 Å². The SMILES string of the molecule is CCN(CC(=O)O)C1CC(NS(=O)(=O)C2CN(C(=O)C3CCCC3)C2)C1. The summed E-state index contributed by atoms with van der Waals surface area (Å²) in [7, 11) is -3.43. The highest BCUT2D eigenvalue weighted by atomic mass is 32.2. The summed E-state index contributed by atoms with van der Waals surface area (Å²) in [5.41, 5.74) is 0. The van der Waals surface area contributed by atoms with Gasteiger partial charge in [0.05, 0.1) is 6.54 Å². The second-order valence-electron chi connectivity index (χ2n) is 7.79. The second-order valence-corrected chi connectivity index (χ2v) is 9.78. The molecule has 1 heterocycles. The molecule has 2 N–H and O–H groups in total. The molecule has 0 aromatic carbocycles. The largest absolute Gasteiger partial charge is 0.480 e. The van der Waals surface area contributed by atoms with Gasteiger partial charge >= 0.3 is 5.97 Å². The van der Waals surface area contributed by atoms with Gasteiger partial charge in [-0.3, -0.25) is 14.5 Å². The summed E-state index contributed by atoms with van der Waals surface area (Å²) in [6.07, 6.45) is 5.31. The van der Waals surface area contributed by atoms with E-state index in [-0.39, 0.29) is 30.5 Å². The van der Waals surface area contributed by atoms with Gasteiger partial charge < -0.3 is 10.0 Å². The number of carbonyl (C=O) groups excluding carboxylic acids is 1. The molecule has 0 radical (unpaired) electrons. The zero-order valence-electron chi connectivity index (χ0n) is 15.3. The Morgan fingerprint density at radius 3 is 2.35 bits per heavy atom. The molecule has 26 heavy (non-hydrogen) atoms. The van der Waals surface area contributed by atoms with E-state index < -0.39 is 21.2 Å². The number of hydrogen-bond acceptors (Lipinski definition) is 5. The maximum Gasteiger partial charge on any atom is 0.317 e. The van der Waals surface area contributed by atoms with Gasteiger partial charge in [0.15, 0.2) is 0 Å². The third kappa shape index (κ3) is 4.20. The van der Waals surface area contributed by atoms with Gasteiger partial charge in [0.2, 0.25) is 15.9 Å². The zero-order chi connectivity index (χ0) is 18.9. The summed E-state index contributed by atoms with van der Waals surface area (Å²) in [5, 5.41) is 8.39. The summed E-state index contributed by atoms with van der Waals surface area (Å²) in [5.74, 6) is -0.657. The molecule has 3 fully saturated rings. The number of sulfonamides is 1. The third-order valence-electron chi connectivity index (χ3n) is 6.01. The molecule has 148 valence electrons. The molecule has 2 aliphatic carbocycles. The topological polar surface area (TPSA) is 107 Å². The number of likely N-dealkylation sites (N-methyl/N-ethyl adjacent to an activating group) is 1. The molecule has 0 atom stereocenters. The van der Waals surface area contributed by atoms with Crippen molar-refractivity contribution in [3.05, 3.63) is 0 Å². The van der Waals surface area contributed by atoms with E-state index in [9.17, 15) is 18.0 Å². The minimum absolute atomic E-state index is 0.0124. The Balaban J connectivity index is 1.42. The Bertz CT molecular complexity index is 635. The maximum atomic E-state index is 12.5. The van der Waals surface area contributed by atoms with Crippen molar-refractivity contribution in [1.82, 2.24) is 14.5 Å². The standard InChI is InChI=1S/C17H29N3O5S/c1-2-19(11-16(21)22)14-7-13(8-14)18-26(24,25)15-9-20(10-15)17(23)12-5-3-4-6-12/h12-15,18H,2-11H2,1H3,(H,21,22). The molecule has 2 saturated carbocycles. The Kier molecular flexibility index (Phi) is 5.88. The van der Waals surface area contributed by atoms with Crippen LogP contribution in [0.4, 0.5) is 0 Å². The van der Waals surface area contributed by atoms with Crippen molar-refractivity contribution in [2.75, 3.05) is 26.2 Å². The van der Waals surface area contributed by atoms with E-state index in [0.717, 1.165) is 25.7 Å². The van der Waals surface area contributed by atoms with E-state index in [0.29, 0.717) is 32.5 Å². The molecule has 1 saturated heterocycles. The summed E-state index contributed by atoms with van der Waals surface area (Å²) in [6, 6.07) is -0.0157. The van der Waals surface area contributed by atoms with Gasteiger partial charge in [0.25, 0.3) is 0 Å². The van der Waals surface area contributed by atoms with Crippen LogP contribution in [0.5, 0.6) is 0 Å². The van der Waals surface area contributed by atoms with E-state index >= 15 is 0 Å². The van der Waals surface area contributed by atoms with Gasteiger partial charge in [-0.25, -0.2) is 13.1 Å². The lowest BCUT2D eigenvalue weighted by Gasteiger charge is -2.44. The molecule has 9 heteroatoms. The number of carboxylic acid groups (broad SMARTS) is 1. The molecular formula is C17H29N3O5S. The molecule has 0 unspecified atom stereocenters. The molecule has 0 aromatic rings. The first-order valence-electron chi connectivity index (χ1n) is 9.56. The maximum absolute atomic E-state index is 12.5. The fourth-order valence-corrected chi connectivity index (χ4v) is 5.83. The highest BCUT2D eigenvalue weighted by Crippen LogP contribution is 2.30. The fourth-order valence-electron chi connectivity index (χ4n) is 4.23. The van der Waals surface area contributed by atoms with Gasteiger partial charge in [-0.2, -0.15) is 0 Å². The number of nitrogens with one attached hydrogen (secondary N) is 1. The third-order valence-corrected chi connectivity index (χ3v) is 7.85. The number of amides is 1. The van der Waals surface area contributed by atoms with Crippen molar-refractivity contribution in [1.29, 1.82) is 0 Å². The number of hydrogen-bond donors (Lipinski definition) is 2. The molecule has 1 amide bonds. The summed E-state index contributed by atoms with van der Waals surface area (Å²) >= 11 is 0. The number of nitrogens with zero attached hydrogens (tertiary/aromatic N) is 2. The molecule has 0 bridgehead atoms. The molecule has 0 spiro atoms. The number of carbonyl (C=O) groups is 2. The van der Waals surface area contributed by atoms with Gasteiger partial charge in [-0.15, -0.1) is 0 Å².